The third-order valence-corrected chi connectivity index (χ3v) is 10.6. The van der Waals surface area contributed by atoms with Crippen molar-refractivity contribution in [2.45, 2.75) is 50.2 Å². The van der Waals surface area contributed by atoms with Crippen LogP contribution >= 0.6 is 22.9 Å². The molecule has 0 amide bonds. The number of sulfonamides is 1. The van der Waals surface area contributed by atoms with Gasteiger partial charge >= 0.3 is 5.97 Å². The van der Waals surface area contributed by atoms with Crippen LogP contribution in [0.4, 0.5) is 0 Å². The quantitative estimate of drug-likeness (QED) is 0.267. The number of hydrogen-bond donors (Lipinski definition) is 1. The Labute approximate surface area is 250 Å². The first-order valence-electron chi connectivity index (χ1n) is 13.3. The van der Waals surface area contributed by atoms with E-state index in [9.17, 15) is 18.3 Å². The summed E-state index contributed by atoms with van der Waals surface area (Å²) in [7, 11) is -2.27. The Morgan fingerprint density at radius 1 is 1.26 bits per heavy atom. The molecule has 42 heavy (non-hydrogen) atoms. The molecule has 0 fully saturated rings. The highest BCUT2D eigenvalue weighted by Crippen LogP contribution is 2.38. The van der Waals surface area contributed by atoms with Crippen molar-refractivity contribution in [1.82, 2.24) is 29.3 Å². The molecule has 6 rings (SSSR count). The summed E-state index contributed by atoms with van der Waals surface area (Å²) in [6.07, 6.45) is 3.03. The molecule has 14 heteroatoms. The maximum Gasteiger partial charge on any atom is 0.304 e. The second kappa shape index (κ2) is 10.9. The van der Waals surface area contributed by atoms with Crippen LogP contribution in [0.2, 0.25) is 5.02 Å². The van der Waals surface area contributed by atoms with Gasteiger partial charge in [-0.25, -0.2) is 23.1 Å². The number of pyridine rings is 2. The Morgan fingerprint density at radius 2 is 2.07 bits per heavy atom. The lowest BCUT2D eigenvalue weighted by molar-refractivity contribution is -0.137. The van der Waals surface area contributed by atoms with Gasteiger partial charge in [0.2, 0.25) is 15.9 Å². The second-order valence-corrected chi connectivity index (χ2v) is 13.6. The first-order valence-corrected chi connectivity index (χ1v) is 16.0. The summed E-state index contributed by atoms with van der Waals surface area (Å²) in [5.41, 5.74) is 4.23. The molecular formula is C28H27ClN6O5S2. The SMILES string of the molecule is CC[C@@H]1CN(Cc2cc(C(CC(=O)O)c3cnc4c(nnn4C)c3C)cc3ccsc23)S(=O)(=O)c2cc(Cl)cnc2O1. The van der Waals surface area contributed by atoms with Crippen molar-refractivity contribution in [3.63, 3.8) is 0 Å². The molecule has 1 unspecified atom stereocenters. The summed E-state index contributed by atoms with van der Waals surface area (Å²) in [5, 5.41) is 21.3. The van der Waals surface area contributed by atoms with E-state index in [4.69, 9.17) is 16.3 Å². The number of aliphatic carboxylic acids is 1. The number of benzene rings is 1. The Morgan fingerprint density at radius 3 is 2.83 bits per heavy atom. The van der Waals surface area contributed by atoms with Crippen molar-refractivity contribution in [2.75, 3.05) is 6.54 Å². The fraction of sp³-hybridized carbons (Fsp3) is 0.321. The van der Waals surface area contributed by atoms with E-state index < -0.39 is 28.0 Å². The van der Waals surface area contributed by atoms with Crippen molar-refractivity contribution in [2.24, 2.45) is 7.05 Å². The maximum absolute atomic E-state index is 13.9. The van der Waals surface area contributed by atoms with Crippen molar-refractivity contribution in [1.29, 1.82) is 0 Å². The third-order valence-electron chi connectivity index (χ3n) is 7.61. The molecule has 4 aromatic heterocycles. The van der Waals surface area contributed by atoms with Crippen LogP contribution in [-0.4, -0.2) is 61.4 Å². The highest BCUT2D eigenvalue weighted by molar-refractivity contribution is 7.89. The summed E-state index contributed by atoms with van der Waals surface area (Å²) in [6.45, 7) is 3.99. The lowest BCUT2D eigenvalue weighted by Crippen LogP contribution is -2.36. The number of carboxylic acid groups (broad SMARTS) is 1. The van der Waals surface area contributed by atoms with E-state index in [0.29, 0.717) is 17.6 Å². The molecule has 0 spiro atoms. The highest BCUT2D eigenvalue weighted by atomic mass is 35.5. The molecule has 5 heterocycles. The van der Waals surface area contributed by atoms with Gasteiger partial charge in [-0.3, -0.25) is 4.79 Å². The minimum atomic E-state index is -4.02. The predicted octanol–water partition coefficient (Wildman–Crippen LogP) is 4.90. The van der Waals surface area contributed by atoms with Crippen LogP contribution in [0.25, 0.3) is 21.3 Å². The van der Waals surface area contributed by atoms with Crippen LogP contribution in [0.3, 0.4) is 0 Å². The molecule has 1 aromatic carbocycles. The van der Waals surface area contributed by atoms with Gasteiger partial charge in [-0.1, -0.05) is 29.8 Å². The zero-order valence-electron chi connectivity index (χ0n) is 23.0. The Balaban J connectivity index is 1.47. The normalized spacial score (nSPS) is 17.6. The molecule has 11 nitrogen and oxygen atoms in total. The van der Waals surface area contributed by atoms with E-state index in [0.717, 1.165) is 32.3 Å². The minimum Gasteiger partial charge on any atom is -0.481 e. The zero-order chi connectivity index (χ0) is 29.8. The number of ether oxygens (including phenoxy) is 1. The van der Waals surface area contributed by atoms with Gasteiger partial charge < -0.3 is 9.84 Å². The summed E-state index contributed by atoms with van der Waals surface area (Å²) < 4.78 is 37.7. The van der Waals surface area contributed by atoms with Gasteiger partial charge in [-0.05, 0) is 64.6 Å². The number of hydrogen-bond acceptors (Lipinski definition) is 9. The van der Waals surface area contributed by atoms with Crippen molar-refractivity contribution in [3.05, 3.63) is 69.3 Å². The number of thiophene rings is 1. The lowest BCUT2D eigenvalue weighted by Gasteiger charge is -2.24. The number of rotatable bonds is 7. The Bertz CT molecular complexity index is 1960. The van der Waals surface area contributed by atoms with Crippen LogP contribution in [-0.2, 0) is 28.4 Å². The number of fused-ring (bicyclic) bond motifs is 3. The topological polar surface area (TPSA) is 140 Å². The van der Waals surface area contributed by atoms with Crippen molar-refractivity contribution in [3.8, 4) is 5.88 Å². The molecule has 0 saturated carbocycles. The van der Waals surface area contributed by atoms with Gasteiger partial charge in [0.25, 0.3) is 0 Å². The van der Waals surface area contributed by atoms with E-state index in [1.807, 2.05) is 37.4 Å². The van der Waals surface area contributed by atoms with Gasteiger partial charge in [-0.2, -0.15) is 4.31 Å². The van der Waals surface area contributed by atoms with E-state index in [2.05, 4.69) is 20.3 Å². The van der Waals surface area contributed by atoms with Crippen LogP contribution in [0, 0.1) is 6.92 Å². The number of carbonyl (C=O) groups is 1. The summed E-state index contributed by atoms with van der Waals surface area (Å²) in [6, 6.07) is 7.20. The van der Waals surface area contributed by atoms with Crippen molar-refractivity contribution >= 4 is 60.2 Å². The summed E-state index contributed by atoms with van der Waals surface area (Å²) >= 11 is 7.65. The predicted molar refractivity (Wildman–Crippen MR) is 159 cm³/mol. The zero-order valence-corrected chi connectivity index (χ0v) is 25.4. The lowest BCUT2D eigenvalue weighted by atomic mass is 9.85. The average molecular weight is 627 g/mol. The molecule has 0 saturated heterocycles. The van der Waals surface area contributed by atoms with Gasteiger partial charge in [-0.15, -0.1) is 16.4 Å². The third kappa shape index (κ3) is 5.00. The van der Waals surface area contributed by atoms with E-state index >= 15 is 0 Å². The van der Waals surface area contributed by atoms with Crippen LogP contribution in [0.1, 0.15) is 47.9 Å². The molecule has 0 radical (unpaired) electrons. The highest BCUT2D eigenvalue weighted by Gasteiger charge is 2.36. The number of nitrogens with zero attached hydrogens (tertiary/aromatic N) is 6. The van der Waals surface area contributed by atoms with Gasteiger partial charge in [0.15, 0.2) is 5.65 Å². The Hall–Kier alpha value is -3.65. The average Bonchev–Trinajstić information content (AvgIpc) is 3.56. The first-order chi connectivity index (χ1) is 20.1. The van der Waals surface area contributed by atoms with Gasteiger partial charge in [0.1, 0.15) is 16.5 Å². The molecule has 5 aromatic rings. The minimum absolute atomic E-state index is 0.0349. The standard InChI is InChI=1S/C28H27ClN6O5S2/c1-4-20-14-35(42(38,39)23-9-19(29)11-31-28(23)40-20)13-18-8-17(7-16-5-6-41-26(16)18)21(10-24(36)37)22-12-30-27-25(15(22)2)32-33-34(27)3/h5-9,11-12,20-21H,4,10,13-14H2,1-3H3,(H,36,37)/t20-,21?/m1/s1. The van der Waals surface area contributed by atoms with E-state index in [1.165, 1.54) is 27.9 Å². The molecule has 0 aliphatic carbocycles. The van der Waals surface area contributed by atoms with Crippen molar-refractivity contribution < 1.29 is 23.1 Å². The molecule has 1 aliphatic heterocycles. The molecular weight excluding hydrogens is 600 g/mol. The number of carboxylic acids is 1. The summed E-state index contributed by atoms with van der Waals surface area (Å²) in [5.74, 6) is -1.49. The van der Waals surface area contributed by atoms with Gasteiger partial charge in [0.05, 0.1) is 18.0 Å². The molecule has 1 N–H and O–H groups in total. The first kappa shape index (κ1) is 28.5. The van der Waals surface area contributed by atoms with Crippen LogP contribution in [0.5, 0.6) is 5.88 Å². The smallest absolute Gasteiger partial charge is 0.304 e. The molecule has 2 atom stereocenters. The second-order valence-electron chi connectivity index (χ2n) is 10.3. The molecule has 218 valence electrons. The van der Waals surface area contributed by atoms with E-state index in [1.54, 1.807) is 17.9 Å². The Kier molecular flexibility index (Phi) is 7.37. The van der Waals surface area contributed by atoms with Crippen LogP contribution < -0.4 is 4.74 Å². The fourth-order valence-electron chi connectivity index (χ4n) is 5.43. The van der Waals surface area contributed by atoms with Gasteiger partial charge in [0, 0.05) is 36.6 Å². The molecule has 0 bridgehead atoms. The maximum atomic E-state index is 13.9. The largest absolute Gasteiger partial charge is 0.481 e. The number of aryl methyl sites for hydroxylation is 2. The molecule has 1 aliphatic rings. The fourth-order valence-corrected chi connectivity index (χ4v) is 8.09. The van der Waals surface area contributed by atoms with Crippen LogP contribution in [0.15, 0.2) is 46.9 Å². The number of aromatic nitrogens is 5. The summed E-state index contributed by atoms with van der Waals surface area (Å²) in [4.78, 5) is 20.7. The number of halogens is 1. The van der Waals surface area contributed by atoms with E-state index in [-0.39, 0.29) is 35.3 Å². The monoisotopic (exact) mass is 626 g/mol.